The second-order valence-corrected chi connectivity index (χ2v) is 3.81. The van der Waals surface area contributed by atoms with Crippen molar-refractivity contribution in [1.29, 1.82) is 0 Å². The van der Waals surface area contributed by atoms with Crippen LogP contribution in [0.1, 0.15) is 39.5 Å². The largest absolute Gasteiger partial charge is 0.393 e. The summed E-state index contributed by atoms with van der Waals surface area (Å²) in [5, 5.41) is 9.41. The predicted molar refractivity (Wildman–Crippen MR) is 49.1 cm³/mol. The van der Waals surface area contributed by atoms with Gasteiger partial charge >= 0.3 is 0 Å². The second-order valence-electron chi connectivity index (χ2n) is 3.81. The molecule has 72 valence electrons. The molecule has 2 nitrogen and oxygen atoms in total. The SMILES string of the molecule is CCCC1CC(C(C)O)CCO1. The lowest BCUT2D eigenvalue weighted by molar-refractivity contribution is -0.0426. The van der Waals surface area contributed by atoms with E-state index in [9.17, 15) is 5.11 Å². The standard InChI is InChI=1S/C10H20O2/c1-3-4-10-7-9(8(2)11)5-6-12-10/h8-11H,3-7H2,1-2H3. The van der Waals surface area contributed by atoms with E-state index in [4.69, 9.17) is 4.74 Å². The van der Waals surface area contributed by atoms with Crippen LogP contribution in [-0.4, -0.2) is 23.9 Å². The molecule has 3 unspecified atom stereocenters. The van der Waals surface area contributed by atoms with Crippen molar-refractivity contribution < 1.29 is 9.84 Å². The zero-order valence-corrected chi connectivity index (χ0v) is 8.12. The molecule has 1 heterocycles. The van der Waals surface area contributed by atoms with E-state index in [0.717, 1.165) is 25.9 Å². The molecule has 12 heavy (non-hydrogen) atoms. The molecule has 1 N–H and O–H groups in total. The van der Waals surface area contributed by atoms with Crippen molar-refractivity contribution >= 4 is 0 Å². The molecule has 1 rings (SSSR count). The lowest BCUT2D eigenvalue weighted by atomic mass is 9.90. The molecule has 0 saturated carbocycles. The van der Waals surface area contributed by atoms with Crippen LogP contribution in [0.15, 0.2) is 0 Å². The van der Waals surface area contributed by atoms with Gasteiger partial charge in [-0.05, 0) is 32.1 Å². The van der Waals surface area contributed by atoms with Gasteiger partial charge in [-0.3, -0.25) is 0 Å². The molecule has 1 saturated heterocycles. The summed E-state index contributed by atoms with van der Waals surface area (Å²) < 4.78 is 5.59. The Morgan fingerprint density at radius 3 is 2.92 bits per heavy atom. The number of aliphatic hydroxyl groups excluding tert-OH is 1. The maximum absolute atomic E-state index is 9.41. The molecular weight excluding hydrogens is 152 g/mol. The molecule has 0 aromatic rings. The van der Waals surface area contributed by atoms with Crippen LogP contribution in [0.4, 0.5) is 0 Å². The zero-order chi connectivity index (χ0) is 8.97. The fourth-order valence-corrected chi connectivity index (χ4v) is 1.87. The topological polar surface area (TPSA) is 29.5 Å². The van der Waals surface area contributed by atoms with Crippen LogP contribution in [0.25, 0.3) is 0 Å². The summed E-state index contributed by atoms with van der Waals surface area (Å²) in [4.78, 5) is 0. The van der Waals surface area contributed by atoms with Crippen LogP contribution in [0.2, 0.25) is 0 Å². The average molecular weight is 172 g/mol. The number of hydrogen-bond acceptors (Lipinski definition) is 2. The van der Waals surface area contributed by atoms with E-state index in [1.807, 2.05) is 6.92 Å². The average Bonchev–Trinajstić information content (AvgIpc) is 2.05. The van der Waals surface area contributed by atoms with Crippen molar-refractivity contribution in [2.75, 3.05) is 6.61 Å². The van der Waals surface area contributed by atoms with Crippen LogP contribution < -0.4 is 0 Å². The van der Waals surface area contributed by atoms with Gasteiger partial charge in [0.2, 0.25) is 0 Å². The van der Waals surface area contributed by atoms with Crippen molar-refractivity contribution in [3.8, 4) is 0 Å². The Morgan fingerprint density at radius 2 is 2.33 bits per heavy atom. The van der Waals surface area contributed by atoms with Crippen molar-refractivity contribution in [2.24, 2.45) is 5.92 Å². The third-order valence-electron chi connectivity index (χ3n) is 2.70. The Hall–Kier alpha value is -0.0800. The molecule has 0 amide bonds. The summed E-state index contributed by atoms with van der Waals surface area (Å²) in [5.74, 6) is 0.468. The number of aliphatic hydroxyl groups is 1. The molecule has 1 aliphatic heterocycles. The minimum Gasteiger partial charge on any atom is -0.393 e. The summed E-state index contributed by atoms with van der Waals surface area (Å²) in [7, 11) is 0. The van der Waals surface area contributed by atoms with Gasteiger partial charge in [-0.2, -0.15) is 0 Å². The highest BCUT2D eigenvalue weighted by molar-refractivity contribution is 4.74. The van der Waals surface area contributed by atoms with E-state index in [0.29, 0.717) is 12.0 Å². The van der Waals surface area contributed by atoms with Crippen molar-refractivity contribution in [3.05, 3.63) is 0 Å². The van der Waals surface area contributed by atoms with Gasteiger partial charge in [-0.15, -0.1) is 0 Å². The first-order chi connectivity index (χ1) is 5.74. The van der Waals surface area contributed by atoms with Crippen LogP contribution in [0.5, 0.6) is 0 Å². The molecule has 1 aliphatic rings. The molecule has 0 bridgehead atoms. The molecule has 0 spiro atoms. The van der Waals surface area contributed by atoms with E-state index >= 15 is 0 Å². The van der Waals surface area contributed by atoms with Crippen LogP contribution in [-0.2, 0) is 4.74 Å². The smallest absolute Gasteiger partial charge is 0.0578 e. The first-order valence-corrected chi connectivity index (χ1v) is 5.03. The third-order valence-corrected chi connectivity index (χ3v) is 2.70. The maximum atomic E-state index is 9.41. The molecular formula is C10H20O2. The molecule has 2 heteroatoms. The Balaban J connectivity index is 2.30. The maximum Gasteiger partial charge on any atom is 0.0578 e. The predicted octanol–water partition coefficient (Wildman–Crippen LogP) is 1.96. The first kappa shape index (κ1) is 10.0. The molecule has 0 aliphatic carbocycles. The zero-order valence-electron chi connectivity index (χ0n) is 8.12. The quantitative estimate of drug-likeness (QED) is 0.705. The summed E-state index contributed by atoms with van der Waals surface area (Å²) in [6, 6.07) is 0. The normalized spacial score (nSPS) is 33.2. The fraction of sp³-hybridized carbons (Fsp3) is 1.00. The Bertz CT molecular complexity index is 121. The fourth-order valence-electron chi connectivity index (χ4n) is 1.87. The highest BCUT2D eigenvalue weighted by Gasteiger charge is 2.24. The summed E-state index contributed by atoms with van der Waals surface area (Å²) in [5.41, 5.74) is 0. The van der Waals surface area contributed by atoms with Crippen molar-refractivity contribution in [1.82, 2.24) is 0 Å². The van der Waals surface area contributed by atoms with Crippen LogP contribution >= 0.6 is 0 Å². The molecule has 0 radical (unpaired) electrons. The van der Waals surface area contributed by atoms with Gasteiger partial charge in [-0.25, -0.2) is 0 Å². The van der Waals surface area contributed by atoms with Crippen LogP contribution in [0, 0.1) is 5.92 Å². The monoisotopic (exact) mass is 172 g/mol. The van der Waals surface area contributed by atoms with Gasteiger partial charge in [0.25, 0.3) is 0 Å². The molecule has 1 fully saturated rings. The van der Waals surface area contributed by atoms with Gasteiger partial charge in [0.15, 0.2) is 0 Å². The molecule has 0 aromatic heterocycles. The van der Waals surface area contributed by atoms with E-state index in [2.05, 4.69) is 6.92 Å². The number of ether oxygens (including phenoxy) is 1. The van der Waals surface area contributed by atoms with Gasteiger partial charge in [0.1, 0.15) is 0 Å². The molecule has 3 atom stereocenters. The van der Waals surface area contributed by atoms with E-state index in [1.165, 1.54) is 6.42 Å². The number of rotatable bonds is 3. The van der Waals surface area contributed by atoms with Crippen molar-refractivity contribution in [2.45, 2.75) is 51.7 Å². The molecule has 0 aromatic carbocycles. The van der Waals surface area contributed by atoms with E-state index in [1.54, 1.807) is 0 Å². The Morgan fingerprint density at radius 1 is 1.58 bits per heavy atom. The Kier molecular flexibility index (Phi) is 4.02. The van der Waals surface area contributed by atoms with Gasteiger partial charge in [0.05, 0.1) is 12.2 Å². The van der Waals surface area contributed by atoms with Crippen molar-refractivity contribution in [3.63, 3.8) is 0 Å². The van der Waals surface area contributed by atoms with Crippen LogP contribution in [0.3, 0.4) is 0 Å². The second kappa shape index (κ2) is 4.83. The first-order valence-electron chi connectivity index (χ1n) is 5.03. The summed E-state index contributed by atoms with van der Waals surface area (Å²) in [6.45, 7) is 4.90. The van der Waals surface area contributed by atoms with E-state index in [-0.39, 0.29) is 6.10 Å². The minimum atomic E-state index is -0.159. The summed E-state index contributed by atoms with van der Waals surface area (Å²) >= 11 is 0. The minimum absolute atomic E-state index is 0.159. The number of hydrogen-bond donors (Lipinski definition) is 1. The lowest BCUT2D eigenvalue weighted by Crippen LogP contribution is -2.31. The highest BCUT2D eigenvalue weighted by Crippen LogP contribution is 2.25. The summed E-state index contributed by atoms with van der Waals surface area (Å²) in [6.07, 6.45) is 4.64. The Labute approximate surface area is 74.9 Å². The highest BCUT2D eigenvalue weighted by atomic mass is 16.5. The third kappa shape index (κ3) is 2.76. The van der Waals surface area contributed by atoms with Gasteiger partial charge < -0.3 is 9.84 Å². The van der Waals surface area contributed by atoms with Gasteiger partial charge in [0, 0.05) is 6.61 Å². The van der Waals surface area contributed by atoms with E-state index < -0.39 is 0 Å². The lowest BCUT2D eigenvalue weighted by Gasteiger charge is -2.31. The van der Waals surface area contributed by atoms with Gasteiger partial charge in [-0.1, -0.05) is 13.3 Å².